The van der Waals surface area contributed by atoms with Gasteiger partial charge in [-0.05, 0) is 30.9 Å². The molecule has 36 heavy (non-hydrogen) atoms. The van der Waals surface area contributed by atoms with E-state index in [0.29, 0.717) is 5.56 Å². The van der Waals surface area contributed by atoms with Crippen LogP contribution >= 0.6 is 0 Å². The van der Waals surface area contributed by atoms with Gasteiger partial charge in [0.2, 0.25) is 23.6 Å². The number of benzene rings is 1. The molecule has 4 unspecified atom stereocenters. The second kappa shape index (κ2) is 12.7. The van der Waals surface area contributed by atoms with E-state index in [2.05, 4.69) is 20.9 Å². The van der Waals surface area contributed by atoms with Crippen molar-refractivity contribution in [1.82, 2.24) is 20.9 Å². The highest BCUT2D eigenvalue weighted by Crippen LogP contribution is 2.19. The summed E-state index contributed by atoms with van der Waals surface area (Å²) < 4.78 is 0. The molecule has 0 spiro atoms. The molecule has 1 heterocycles. The number of amides is 4. The van der Waals surface area contributed by atoms with Gasteiger partial charge in [-0.15, -0.1) is 0 Å². The quantitative estimate of drug-likeness (QED) is 0.191. The zero-order chi connectivity index (χ0) is 27.0. The molecule has 4 atom stereocenters. The predicted molar refractivity (Wildman–Crippen MR) is 132 cm³/mol. The van der Waals surface area contributed by atoms with Crippen molar-refractivity contribution in [3.8, 4) is 0 Å². The monoisotopic (exact) mass is 502 g/mol. The van der Waals surface area contributed by atoms with Crippen LogP contribution in [-0.2, 0) is 30.4 Å². The molecule has 196 valence electrons. The lowest BCUT2D eigenvalue weighted by Gasteiger charge is -2.25. The van der Waals surface area contributed by atoms with Gasteiger partial charge in [0.1, 0.15) is 18.1 Å². The molecule has 1 aromatic carbocycles. The van der Waals surface area contributed by atoms with Gasteiger partial charge in [0.25, 0.3) is 0 Å². The first-order chi connectivity index (χ1) is 16.9. The molecule has 0 radical (unpaired) electrons. The molecular formula is C24H34N6O6. The van der Waals surface area contributed by atoms with Crippen molar-refractivity contribution in [1.29, 1.82) is 0 Å². The number of fused-ring (bicyclic) bond motifs is 1. The largest absolute Gasteiger partial charge is 0.480 e. The molecule has 2 aromatic rings. The average molecular weight is 503 g/mol. The minimum Gasteiger partial charge on any atom is -0.480 e. The molecule has 0 bridgehead atoms. The first-order valence-corrected chi connectivity index (χ1v) is 11.6. The Morgan fingerprint density at radius 1 is 0.917 bits per heavy atom. The van der Waals surface area contributed by atoms with Crippen molar-refractivity contribution in [3.05, 3.63) is 36.0 Å². The third kappa shape index (κ3) is 8.08. The number of carbonyl (C=O) groups is 5. The number of aromatic nitrogens is 1. The van der Waals surface area contributed by atoms with E-state index in [1.807, 2.05) is 38.1 Å². The van der Waals surface area contributed by atoms with Crippen molar-refractivity contribution < 1.29 is 29.1 Å². The van der Waals surface area contributed by atoms with Crippen LogP contribution in [0.3, 0.4) is 0 Å². The van der Waals surface area contributed by atoms with E-state index in [1.54, 1.807) is 6.20 Å². The third-order valence-electron chi connectivity index (χ3n) is 5.51. The van der Waals surface area contributed by atoms with E-state index in [4.69, 9.17) is 11.5 Å². The van der Waals surface area contributed by atoms with Crippen LogP contribution < -0.4 is 27.4 Å². The van der Waals surface area contributed by atoms with E-state index >= 15 is 0 Å². The highest BCUT2D eigenvalue weighted by atomic mass is 16.4. The maximum Gasteiger partial charge on any atom is 0.326 e. The van der Waals surface area contributed by atoms with Gasteiger partial charge in [0.15, 0.2) is 0 Å². The molecule has 0 saturated carbocycles. The molecule has 12 nitrogen and oxygen atoms in total. The van der Waals surface area contributed by atoms with Crippen LogP contribution in [0, 0.1) is 5.92 Å². The van der Waals surface area contributed by atoms with Crippen LogP contribution in [0.5, 0.6) is 0 Å². The third-order valence-corrected chi connectivity index (χ3v) is 5.51. The molecule has 9 N–H and O–H groups in total. The average Bonchev–Trinajstić information content (AvgIpc) is 3.19. The number of nitrogens with one attached hydrogen (secondary N) is 4. The molecule has 0 saturated heterocycles. The molecule has 0 aliphatic rings. The van der Waals surface area contributed by atoms with Crippen LogP contribution in [0.15, 0.2) is 30.5 Å². The lowest BCUT2D eigenvalue weighted by Crippen LogP contribution is -2.57. The van der Waals surface area contributed by atoms with Crippen molar-refractivity contribution in [2.45, 2.75) is 64.2 Å². The van der Waals surface area contributed by atoms with Gasteiger partial charge in [0, 0.05) is 23.5 Å². The Bertz CT molecular complexity index is 1110. The maximum atomic E-state index is 13.1. The zero-order valence-corrected chi connectivity index (χ0v) is 20.5. The minimum absolute atomic E-state index is 0.0160. The van der Waals surface area contributed by atoms with Gasteiger partial charge >= 0.3 is 5.97 Å². The number of rotatable bonds is 13. The van der Waals surface area contributed by atoms with E-state index in [0.717, 1.165) is 10.9 Å². The number of hydrogen-bond acceptors (Lipinski definition) is 6. The lowest BCUT2D eigenvalue weighted by atomic mass is 10.0. The van der Waals surface area contributed by atoms with Crippen molar-refractivity contribution in [2.75, 3.05) is 0 Å². The summed E-state index contributed by atoms with van der Waals surface area (Å²) in [5, 5.41) is 18.0. The van der Waals surface area contributed by atoms with Crippen LogP contribution in [0.2, 0.25) is 0 Å². The number of hydrogen-bond donors (Lipinski definition) is 7. The van der Waals surface area contributed by atoms with Gasteiger partial charge in [-0.2, -0.15) is 0 Å². The number of para-hydroxylation sites is 1. The smallest absolute Gasteiger partial charge is 0.326 e. The fourth-order valence-corrected chi connectivity index (χ4v) is 3.68. The Morgan fingerprint density at radius 3 is 2.08 bits per heavy atom. The molecule has 1 aromatic heterocycles. The summed E-state index contributed by atoms with van der Waals surface area (Å²) in [4.78, 5) is 64.4. The number of carbonyl (C=O) groups excluding carboxylic acids is 4. The van der Waals surface area contributed by atoms with Gasteiger partial charge in [-0.1, -0.05) is 32.0 Å². The molecule has 0 aliphatic heterocycles. The van der Waals surface area contributed by atoms with Crippen LogP contribution in [0.4, 0.5) is 0 Å². The standard InChI is InChI=1S/C24H34N6O6/c1-12(2)8-17(29-23(34)18(10-20(26)31)28-21(32)13(3)25)22(33)30-19(24(35)36)9-14-11-27-16-7-5-4-6-15(14)16/h4-7,11-13,17-19,27H,8-10,25H2,1-3H3,(H2,26,31)(H,28,32)(H,29,34)(H,30,33)(H,35,36). The summed E-state index contributed by atoms with van der Waals surface area (Å²) in [6.07, 6.45) is 1.39. The van der Waals surface area contributed by atoms with Gasteiger partial charge < -0.3 is 37.5 Å². The normalized spacial score (nSPS) is 14.5. The van der Waals surface area contributed by atoms with E-state index in [-0.39, 0.29) is 18.8 Å². The molecule has 4 amide bonds. The maximum absolute atomic E-state index is 13.1. The number of carboxylic acids is 1. The highest BCUT2D eigenvalue weighted by Gasteiger charge is 2.31. The Morgan fingerprint density at radius 2 is 1.50 bits per heavy atom. The fourth-order valence-electron chi connectivity index (χ4n) is 3.68. The summed E-state index contributed by atoms with van der Waals surface area (Å²) in [6.45, 7) is 5.06. The van der Waals surface area contributed by atoms with Crippen molar-refractivity contribution in [2.24, 2.45) is 17.4 Å². The number of H-pyrrole nitrogens is 1. The van der Waals surface area contributed by atoms with Gasteiger partial charge in [-0.25, -0.2) is 4.79 Å². The number of aromatic amines is 1. The summed E-state index contributed by atoms with van der Waals surface area (Å²) in [5.74, 6) is -4.32. The summed E-state index contributed by atoms with van der Waals surface area (Å²) >= 11 is 0. The summed E-state index contributed by atoms with van der Waals surface area (Å²) in [6, 6.07) is 2.71. The van der Waals surface area contributed by atoms with Crippen molar-refractivity contribution >= 4 is 40.5 Å². The van der Waals surface area contributed by atoms with Gasteiger partial charge in [0.05, 0.1) is 12.5 Å². The molecule has 12 heteroatoms. The molecule has 0 aliphatic carbocycles. The number of primary amides is 1. The minimum atomic E-state index is -1.34. The Hall–Kier alpha value is -3.93. The number of nitrogens with two attached hydrogens (primary N) is 2. The van der Waals surface area contributed by atoms with Crippen LogP contribution in [-0.4, -0.2) is 63.9 Å². The van der Waals surface area contributed by atoms with E-state index in [1.165, 1.54) is 6.92 Å². The Labute approximate surface area is 208 Å². The summed E-state index contributed by atoms with van der Waals surface area (Å²) in [5.41, 5.74) is 12.3. The molecular weight excluding hydrogens is 468 g/mol. The topological polar surface area (TPSA) is 209 Å². The van der Waals surface area contributed by atoms with E-state index in [9.17, 15) is 29.1 Å². The van der Waals surface area contributed by atoms with E-state index < -0.39 is 60.2 Å². The number of carboxylic acid groups (broad SMARTS) is 1. The van der Waals surface area contributed by atoms with Gasteiger partial charge in [-0.3, -0.25) is 19.2 Å². The molecule has 2 rings (SSSR count). The first-order valence-electron chi connectivity index (χ1n) is 11.6. The second-order valence-corrected chi connectivity index (χ2v) is 9.17. The predicted octanol–water partition coefficient (Wildman–Crippen LogP) is -0.482. The highest BCUT2D eigenvalue weighted by molar-refractivity contribution is 5.96. The summed E-state index contributed by atoms with van der Waals surface area (Å²) in [7, 11) is 0. The van der Waals surface area contributed by atoms with Crippen LogP contribution in [0.1, 0.15) is 39.2 Å². The lowest BCUT2D eigenvalue weighted by molar-refractivity contribution is -0.142. The second-order valence-electron chi connectivity index (χ2n) is 9.17. The fraction of sp³-hybridized carbons (Fsp3) is 0.458. The Balaban J connectivity index is 2.19. The van der Waals surface area contributed by atoms with Crippen molar-refractivity contribution in [3.63, 3.8) is 0 Å². The SMILES string of the molecule is CC(C)CC(NC(=O)C(CC(N)=O)NC(=O)C(C)N)C(=O)NC(Cc1c[nH]c2ccccc12)C(=O)O. The zero-order valence-electron chi connectivity index (χ0n) is 20.5. The number of aliphatic carboxylic acids is 1. The first kappa shape index (κ1) is 28.3. The van der Waals surface area contributed by atoms with Crippen LogP contribution in [0.25, 0.3) is 10.9 Å². The molecule has 0 fully saturated rings. The Kier molecular flexibility index (Phi) is 9.97.